The first-order valence-corrected chi connectivity index (χ1v) is 8.21. The van der Waals surface area contributed by atoms with Crippen LogP contribution in [-0.4, -0.2) is 42.5 Å². The molecule has 0 saturated carbocycles. The molecule has 0 radical (unpaired) electrons. The van der Waals surface area contributed by atoms with Gasteiger partial charge in [-0.3, -0.25) is 9.69 Å². The van der Waals surface area contributed by atoms with Gasteiger partial charge in [-0.1, -0.05) is 22.9 Å². The van der Waals surface area contributed by atoms with Gasteiger partial charge < -0.3 is 4.74 Å². The molecule has 0 aromatic heterocycles. The van der Waals surface area contributed by atoms with Gasteiger partial charge in [-0.25, -0.2) is 0 Å². The third kappa shape index (κ3) is 3.34. The highest BCUT2D eigenvalue weighted by Crippen LogP contribution is 2.25. The summed E-state index contributed by atoms with van der Waals surface area (Å²) in [5.74, 6) is 0.158. The van der Waals surface area contributed by atoms with E-state index in [0.29, 0.717) is 13.2 Å². The lowest BCUT2D eigenvalue weighted by Crippen LogP contribution is -2.54. The summed E-state index contributed by atoms with van der Waals surface area (Å²) in [6, 6.07) is 7.62. The number of carbonyl (C=O) groups is 1. The molecule has 0 aliphatic carbocycles. The summed E-state index contributed by atoms with van der Waals surface area (Å²) in [6.45, 7) is 6.99. The molecule has 19 heavy (non-hydrogen) atoms. The zero-order chi connectivity index (χ0) is 13.9. The van der Waals surface area contributed by atoms with Crippen LogP contribution in [-0.2, 0) is 4.74 Å². The van der Waals surface area contributed by atoms with Crippen molar-refractivity contribution >= 4 is 28.2 Å². The molecule has 1 aliphatic rings. The minimum absolute atomic E-state index is 0.158. The fourth-order valence-corrected chi connectivity index (χ4v) is 2.91. The first-order valence-electron chi connectivity index (χ1n) is 6.35. The molecule has 1 fully saturated rings. The number of rotatable bonds is 4. The Hall–Kier alpha value is -0.490. The van der Waals surface area contributed by atoms with E-state index in [0.717, 1.165) is 23.5 Å². The van der Waals surface area contributed by atoms with E-state index in [9.17, 15) is 4.79 Å². The minimum Gasteiger partial charge on any atom is -0.379 e. The molecule has 0 amide bonds. The van der Waals surface area contributed by atoms with Crippen molar-refractivity contribution in [1.29, 1.82) is 0 Å². The van der Waals surface area contributed by atoms with Crippen molar-refractivity contribution in [3.05, 3.63) is 29.8 Å². The monoisotopic (exact) mass is 297 g/mol. The maximum atomic E-state index is 12.7. The summed E-state index contributed by atoms with van der Waals surface area (Å²) in [5, 5.41) is 0. The highest BCUT2D eigenvalue weighted by atomic mass is 33.1. The molecule has 1 aromatic carbocycles. The summed E-state index contributed by atoms with van der Waals surface area (Å²) < 4.78 is 5.35. The molecule has 0 spiro atoms. The maximum Gasteiger partial charge on any atom is 0.182 e. The lowest BCUT2D eigenvalue weighted by Gasteiger charge is -2.39. The fraction of sp³-hybridized carbons (Fsp3) is 0.500. The lowest BCUT2D eigenvalue weighted by atomic mass is 9.91. The summed E-state index contributed by atoms with van der Waals surface area (Å²) >= 11 is 4.15. The number of nitrogens with zero attached hydrogens (tertiary/aromatic N) is 1. The molecule has 1 heterocycles. The normalized spacial score (nSPS) is 17.4. The summed E-state index contributed by atoms with van der Waals surface area (Å²) in [6.07, 6.45) is 0. The van der Waals surface area contributed by atoms with E-state index in [2.05, 4.69) is 16.6 Å². The Morgan fingerprint density at radius 1 is 1.26 bits per heavy atom. The molecular weight excluding hydrogens is 278 g/mol. The Kier molecular flexibility index (Phi) is 4.95. The van der Waals surface area contributed by atoms with Crippen molar-refractivity contribution in [3.63, 3.8) is 0 Å². The van der Waals surface area contributed by atoms with Crippen LogP contribution in [0.3, 0.4) is 0 Å². The van der Waals surface area contributed by atoms with Gasteiger partial charge in [0, 0.05) is 23.5 Å². The molecule has 1 saturated heterocycles. The average molecular weight is 297 g/mol. The average Bonchev–Trinajstić information content (AvgIpc) is 2.47. The smallest absolute Gasteiger partial charge is 0.182 e. The zero-order valence-corrected chi connectivity index (χ0v) is 13.0. The Bertz CT molecular complexity index is 439. The van der Waals surface area contributed by atoms with Crippen molar-refractivity contribution in [2.24, 2.45) is 0 Å². The molecular formula is C14H19NO2S2. The van der Waals surface area contributed by atoms with E-state index in [-0.39, 0.29) is 5.78 Å². The first kappa shape index (κ1) is 14.9. The van der Waals surface area contributed by atoms with Gasteiger partial charge in [0.1, 0.15) is 0 Å². The molecule has 0 atom stereocenters. The number of hydrogen-bond donors (Lipinski definition) is 1. The topological polar surface area (TPSA) is 29.5 Å². The van der Waals surface area contributed by atoms with E-state index in [4.69, 9.17) is 4.74 Å². The zero-order valence-electron chi connectivity index (χ0n) is 11.3. The number of hydrogen-bond acceptors (Lipinski definition) is 5. The van der Waals surface area contributed by atoms with E-state index in [1.165, 1.54) is 10.8 Å². The van der Waals surface area contributed by atoms with Crippen molar-refractivity contribution in [3.8, 4) is 0 Å². The Morgan fingerprint density at radius 2 is 1.84 bits per heavy atom. The van der Waals surface area contributed by atoms with Crippen molar-refractivity contribution in [1.82, 2.24) is 4.90 Å². The van der Waals surface area contributed by atoms with Gasteiger partial charge in [0.25, 0.3) is 0 Å². The minimum atomic E-state index is -0.487. The summed E-state index contributed by atoms with van der Waals surface area (Å²) in [7, 11) is 1.38. The predicted molar refractivity (Wildman–Crippen MR) is 82.1 cm³/mol. The van der Waals surface area contributed by atoms with Gasteiger partial charge in [-0.15, -0.1) is 11.7 Å². The Morgan fingerprint density at radius 3 is 2.37 bits per heavy atom. The Balaban J connectivity index is 2.15. The van der Waals surface area contributed by atoms with Crippen LogP contribution in [0.15, 0.2) is 29.2 Å². The number of carbonyl (C=O) groups excluding carboxylic acids is 1. The number of ketones is 1. The van der Waals surface area contributed by atoms with Crippen molar-refractivity contribution in [2.45, 2.75) is 24.3 Å². The third-order valence-corrected chi connectivity index (χ3v) is 4.69. The molecule has 3 nitrogen and oxygen atoms in total. The van der Waals surface area contributed by atoms with Crippen LogP contribution in [0.25, 0.3) is 0 Å². The molecule has 0 N–H and O–H groups in total. The quantitative estimate of drug-likeness (QED) is 0.526. The number of benzene rings is 1. The SMILES string of the molecule is CC(C)(C(=O)c1ccc(SS)cc1)N1CCOCC1. The highest BCUT2D eigenvalue weighted by molar-refractivity contribution is 8.68. The van der Waals surface area contributed by atoms with Crippen LogP contribution in [0.1, 0.15) is 24.2 Å². The fourth-order valence-electron chi connectivity index (χ4n) is 2.29. The summed E-state index contributed by atoms with van der Waals surface area (Å²) in [5.41, 5.74) is 0.266. The van der Waals surface area contributed by atoms with Crippen molar-refractivity contribution < 1.29 is 9.53 Å². The molecule has 104 valence electrons. The maximum absolute atomic E-state index is 12.7. The number of thiol groups is 1. The number of morpholine rings is 1. The van der Waals surface area contributed by atoms with Crippen LogP contribution in [0, 0.1) is 0 Å². The standard InChI is InChI=1S/C14H19NO2S2/c1-14(2,15-7-9-17-10-8-15)13(16)11-3-5-12(19-18)6-4-11/h3-6,18H,7-10H2,1-2H3. The van der Waals surface area contributed by atoms with E-state index in [1.54, 1.807) is 0 Å². The van der Waals surface area contributed by atoms with E-state index in [1.807, 2.05) is 38.1 Å². The van der Waals surface area contributed by atoms with Crippen molar-refractivity contribution in [2.75, 3.05) is 26.3 Å². The van der Waals surface area contributed by atoms with Gasteiger partial charge >= 0.3 is 0 Å². The second-order valence-electron chi connectivity index (χ2n) is 5.10. The van der Waals surface area contributed by atoms with Gasteiger partial charge in [-0.05, 0) is 26.0 Å². The summed E-state index contributed by atoms with van der Waals surface area (Å²) in [4.78, 5) is 15.9. The Labute approximate surface area is 123 Å². The molecule has 1 aromatic rings. The predicted octanol–water partition coefficient (Wildman–Crippen LogP) is 2.92. The first-order chi connectivity index (χ1) is 9.05. The van der Waals surface area contributed by atoms with Gasteiger partial charge in [0.2, 0.25) is 0 Å². The van der Waals surface area contributed by atoms with E-state index < -0.39 is 5.54 Å². The largest absolute Gasteiger partial charge is 0.379 e. The third-order valence-electron chi connectivity index (χ3n) is 3.58. The molecule has 5 heteroatoms. The van der Waals surface area contributed by atoms with Crippen LogP contribution in [0.2, 0.25) is 0 Å². The number of ether oxygens (including phenoxy) is 1. The molecule has 0 unspecified atom stereocenters. The van der Waals surface area contributed by atoms with Gasteiger partial charge in [0.15, 0.2) is 5.78 Å². The van der Waals surface area contributed by atoms with Crippen LogP contribution in [0.5, 0.6) is 0 Å². The van der Waals surface area contributed by atoms with Crippen LogP contribution >= 0.6 is 22.5 Å². The second kappa shape index (κ2) is 6.31. The molecule has 0 bridgehead atoms. The molecule has 1 aliphatic heterocycles. The van der Waals surface area contributed by atoms with Crippen LogP contribution < -0.4 is 0 Å². The lowest BCUT2D eigenvalue weighted by molar-refractivity contribution is -0.00430. The van der Waals surface area contributed by atoms with Crippen LogP contribution in [0.4, 0.5) is 0 Å². The second-order valence-corrected chi connectivity index (χ2v) is 6.30. The molecule has 2 rings (SSSR count). The number of Topliss-reactive ketones (excluding diaryl/α,β-unsaturated/α-hetero) is 1. The van der Waals surface area contributed by atoms with Gasteiger partial charge in [-0.2, -0.15) is 0 Å². The van der Waals surface area contributed by atoms with Gasteiger partial charge in [0.05, 0.1) is 18.8 Å². The van der Waals surface area contributed by atoms with E-state index >= 15 is 0 Å². The highest BCUT2D eigenvalue weighted by Gasteiger charge is 2.35.